The zero-order valence-electron chi connectivity index (χ0n) is 12.3. The van der Waals surface area contributed by atoms with Crippen LogP contribution in [0.4, 0.5) is 0 Å². The monoisotopic (exact) mass is 241 g/mol. The summed E-state index contributed by atoms with van der Waals surface area (Å²) in [5.41, 5.74) is 0.328. The molecule has 17 heavy (non-hydrogen) atoms. The largest absolute Gasteiger partial charge is 0.461 e. The molecule has 1 aliphatic rings. The molecule has 0 aromatic heterocycles. The second-order valence-electron chi connectivity index (χ2n) is 7.17. The van der Waals surface area contributed by atoms with Gasteiger partial charge < -0.3 is 4.74 Å². The molecule has 1 fully saturated rings. The van der Waals surface area contributed by atoms with Gasteiger partial charge in [0, 0.05) is 31.5 Å². The van der Waals surface area contributed by atoms with Crippen molar-refractivity contribution >= 4 is 5.97 Å². The summed E-state index contributed by atoms with van der Waals surface area (Å²) >= 11 is 0. The predicted octanol–water partition coefficient (Wildman–Crippen LogP) is 2.84. The third-order valence-electron chi connectivity index (χ3n) is 3.46. The van der Waals surface area contributed by atoms with Gasteiger partial charge in [0.25, 0.3) is 0 Å². The van der Waals surface area contributed by atoms with Gasteiger partial charge in [-0.05, 0) is 26.2 Å². The van der Waals surface area contributed by atoms with E-state index < -0.39 is 0 Å². The lowest BCUT2D eigenvalue weighted by molar-refractivity contribution is -0.145. The van der Waals surface area contributed by atoms with Crippen LogP contribution in [0.5, 0.6) is 0 Å². The summed E-state index contributed by atoms with van der Waals surface area (Å²) in [4.78, 5) is 13.5. The molecule has 3 nitrogen and oxygen atoms in total. The summed E-state index contributed by atoms with van der Waals surface area (Å²) in [6.07, 6.45) is 0.997. The smallest absolute Gasteiger partial charge is 0.302 e. The molecule has 100 valence electrons. The summed E-state index contributed by atoms with van der Waals surface area (Å²) in [6.45, 7) is 15.8. The number of hydrogen-bond donors (Lipinski definition) is 0. The number of esters is 1. The Kier molecular flexibility index (Phi) is 3.92. The van der Waals surface area contributed by atoms with Gasteiger partial charge in [-0.3, -0.25) is 9.69 Å². The first-order valence-corrected chi connectivity index (χ1v) is 6.46. The molecular weight excluding hydrogens is 214 g/mol. The number of rotatable bonds is 1. The summed E-state index contributed by atoms with van der Waals surface area (Å²) in [6, 6.07) is 0.465. The van der Waals surface area contributed by atoms with E-state index in [0.717, 1.165) is 13.0 Å². The first-order valence-electron chi connectivity index (χ1n) is 6.46. The SMILES string of the molecule is CC(=O)OC1C[C@@H](C(C)(C)C)N(C(C)(C)C)C1. The van der Waals surface area contributed by atoms with E-state index in [1.165, 1.54) is 6.92 Å². The molecule has 2 atom stereocenters. The van der Waals surface area contributed by atoms with E-state index in [2.05, 4.69) is 46.4 Å². The average molecular weight is 241 g/mol. The van der Waals surface area contributed by atoms with Crippen molar-refractivity contribution in [2.75, 3.05) is 6.54 Å². The van der Waals surface area contributed by atoms with Gasteiger partial charge in [0.1, 0.15) is 6.10 Å². The van der Waals surface area contributed by atoms with Crippen LogP contribution in [-0.4, -0.2) is 35.1 Å². The molecule has 0 aliphatic carbocycles. The fourth-order valence-electron chi connectivity index (χ4n) is 2.68. The van der Waals surface area contributed by atoms with Crippen molar-refractivity contribution in [1.29, 1.82) is 0 Å². The standard InChI is InChI=1S/C14H27NO2/c1-10(16)17-11-8-12(13(2,3)4)15(9-11)14(5,6)7/h11-12H,8-9H2,1-7H3/t11?,12-/m0/s1. The maximum Gasteiger partial charge on any atom is 0.302 e. The highest BCUT2D eigenvalue weighted by Crippen LogP contribution is 2.38. The minimum Gasteiger partial charge on any atom is -0.461 e. The van der Waals surface area contributed by atoms with E-state index in [0.29, 0.717) is 6.04 Å². The quantitative estimate of drug-likeness (QED) is 0.661. The molecule has 0 N–H and O–H groups in total. The molecule has 1 heterocycles. The van der Waals surface area contributed by atoms with Crippen molar-refractivity contribution in [2.24, 2.45) is 5.41 Å². The van der Waals surface area contributed by atoms with Gasteiger partial charge in [-0.2, -0.15) is 0 Å². The Hall–Kier alpha value is -0.570. The molecule has 0 spiro atoms. The number of carbonyl (C=O) groups excluding carboxylic acids is 1. The zero-order valence-corrected chi connectivity index (χ0v) is 12.3. The molecule has 0 aromatic carbocycles. The Balaban J connectivity index is 2.84. The minimum absolute atomic E-state index is 0.0518. The number of ether oxygens (including phenoxy) is 1. The van der Waals surface area contributed by atoms with Crippen LogP contribution in [0, 0.1) is 5.41 Å². The van der Waals surface area contributed by atoms with Crippen LogP contribution in [-0.2, 0) is 9.53 Å². The Bertz CT molecular complexity index is 264. The fourth-order valence-corrected chi connectivity index (χ4v) is 2.68. The maximum atomic E-state index is 11.1. The van der Waals surface area contributed by atoms with Gasteiger partial charge in [0.15, 0.2) is 0 Å². The van der Waals surface area contributed by atoms with Crippen LogP contribution in [0.15, 0.2) is 0 Å². The van der Waals surface area contributed by atoms with Crippen molar-refractivity contribution in [3.63, 3.8) is 0 Å². The lowest BCUT2D eigenvalue weighted by Crippen LogP contribution is -2.49. The van der Waals surface area contributed by atoms with E-state index in [1.54, 1.807) is 0 Å². The minimum atomic E-state index is -0.168. The van der Waals surface area contributed by atoms with E-state index >= 15 is 0 Å². The summed E-state index contributed by atoms with van der Waals surface area (Å²) in [7, 11) is 0. The lowest BCUT2D eigenvalue weighted by Gasteiger charge is -2.42. The van der Waals surface area contributed by atoms with Gasteiger partial charge in [-0.25, -0.2) is 0 Å². The van der Waals surface area contributed by atoms with Gasteiger partial charge in [-0.15, -0.1) is 0 Å². The van der Waals surface area contributed by atoms with Crippen LogP contribution >= 0.6 is 0 Å². The van der Waals surface area contributed by atoms with Crippen LogP contribution in [0.1, 0.15) is 54.9 Å². The Morgan fingerprint density at radius 3 is 2.00 bits per heavy atom. The van der Waals surface area contributed by atoms with Gasteiger partial charge >= 0.3 is 5.97 Å². The highest BCUT2D eigenvalue weighted by molar-refractivity contribution is 5.66. The number of likely N-dealkylation sites (tertiary alicyclic amines) is 1. The third kappa shape index (κ3) is 3.70. The molecule has 0 saturated carbocycles. The van der Waals surface area contributed by atoms with Crippen LogP contribution in [0.2, 0.25) is 0 Å². The van der Waals surface area contributed by atoms with Crippen LogP contribution in [0.25, 0.3) is 0 Å². The zero-order chi connectivity index (χ0) is 13.4. The van der Waals surface area contributed by atoms with Gasteiger partial charge in [-0.1, -0.05) is 20.8 Å². The highest BCUT2D eigenvalue weighted by Gasteiger charge is 2.44. The normalized spacial score (nSPS) is 27.2. The molecular formula is C14H27NO2. The number of hydrogen-bond acceptors (Lipinski definition) is 3. The highest BCUT2D eigenvalue weighted by atomic mass is 16.5. The molecule has 1 saturated heterocycles. The molecule has 0 amide bonds. The van der Waals surface area contributed by atoms with Crippen molar-refractivity contribution in [1.82, 2.24) is 4.90 Å². The molecule has 0 radical (unpaired) electrons. The fraction of sp³-hybridized carbons (Fsp3) is 0.929. The molecule has 3 heteroatoms. The molecule has 1 rings (SSSR count). The van der Waals surface area contributed by atoms with Crippen molar-refractivity contribution < 1.29 is 9.53 Å². The van der Waals surface area contributed by atoms with Crippen molar-refractivity contribution in [2.45, 2.75) is 72.6 Å². The summed E-state index contributed by atoms with van der Waals surface area (Å²) in [5, 5.41) is 0. The van der Waals surface area contributed by atoms with Crippen LogP contribution in [0.3, 0.4) is 0 Å². The van der Waals surface area contributed by atoms with Crippen molar-refractivity contribution in [3.8, 4) is 0 Å². The Labute approximate surface area is 106 Å². The first-order chi connectivity index (χ1) is 7.51. The van der Waals surface area contributed by atoms with Gasteiger partial charge in [0.05, 0.1) is 0 Å². The average Bonchev–Trinajstić information content (AvgIpc) is 2.44. The molecule has 1 unspecified atom stereocenters. The second kappa shape index (κ2) is 4.60. The number of nitrogens with zero attached hydrogens (tertiary/aromatic N) is 1. The first kappa shape index (κ1) is 14.5. The summed E-state index contributed by atoms with van der Waals surface area (Å²) in [5.74, 6) is -0.168. The lowest BCUT2D eigenvalue weighted by atomic mass is 9.83. The van der Waals surface area contributed by atoms with E-state index in [9.17, 15) is 4.79 Å². The molecule has 0 aromatic rings. The van der Waals surface area contributed by atoms with E-state index in [1.807, 2.05) is 0 Å². The number of carbonyl (C=O) groups is 1. The topological polar surface area (TPSA) is 29.5 Å². The van der Waals surface area contributed by atoms with E-state index in [-0.39, 0.29) is 23.0 Å². The maximum absolute atomic E-state index is 11.1. The second-order valence-corrected chi connectivity index (χ2v) is 7.17. The summed E-state index contributed by atoms with van der Waals surface area (Å²) < 4.78 is 5.38. The molecule has 0 bridgehead atoms. The Morgan fingerprint density at radius 1 is 1.18 bits per heavy atom. The predicted molar refractivity (Wildman–Crippen MR) is 69.9 cm³/mol. The molecule has 1 aliphatic heterocycles. The van der Waals surface area contributed by atoms with Gasteiger partial charge in [0.2, 0.25) is 0 Å². The third-order valence-corrected chi connectivity index (χ3v) is 3.46. The van der Waals surface area contributed by atoms with E-state index in [4.69, 9.17) is 4.74 Å². The Morgan fingerprint density at radius 2 is 1.71 bits per heavy atom. The van der Waals surface area contributed by atoms with Crippen molar-refractivity contribution in [3.05, 3.63) is 0 Å². The van der Waals surface area contributed by atoms with Crippen LogP contribution < -0.4 is 0 Å².